The second kappa shape index (κ2) is 7.75. The Kier molecular flexibility index (Phi) is 5.24. The highest BCUT2D eigenvalue weighted by Crippen LogP contribution is 2.37. The normalized spacial score (nSPS) is 10.6. The zero-order chi connectivity index (χ0) is 17.6. The molecule has 3 nitrogen and oxygen atoms in total. The number of unbranched alkanes of at least 4 members (excludes halogenated alkanes) is 1. The Balaban J connectivity index is 2.28. The summed E-state index contributed by atoms with van der Waals surface area (Å²) in [6, 6.07) is 19.8. The van der Waals surface area contributed by atoms with Crippen molar-refractivity contribution >= 4 is 12.1 Å². The van der Waals surface area contributed by atoms with Crippen molar-refractivity contribution in [3.8, 4) is 22.3 Å². The van der Waals surface area contributed by atoms with E-state index in [4.69, 9.17) is 0 Å². The third-order valence-electron chi connectivity index (χ3n) is 4.32. The Morgan fingerprint density at radius 2 is 1.56 bits per heavy atom. The number of aromatic nitrogens is 1. The van der Waals surface area contributed by atoms with Crippen LogP contribution in [0, 0.1) is 0 Å². The predicted molar refractivity (Wildman–Crippen MR) is 101 cm³/mol. The van der Waals surface area contributed by atoms with Crippen LogP contribution in [0.25, 0.3) is 22.3 Å². The minimum atomic E-state index is -0.475. The zero-order valence-corrected chi connectivity index (χ0v) is 14.3. The lowest BCUT2D eigenvalue weighted by atomic mass is 9.96. The highest BCUT2D eigenvalue weighted by atomic mass is 16.2. The molecule has 0 saturated heterocycles. The molecule has 3 aromatic rings. The molecule has 0 fully saturated rings. The maximum Gasteiger partial charge on any atom is 0.242 e. The quantitative estimate of drug-likeness (QED) is 0.347. The van der Waals surface area contributed by atoms with Gasteiger partial charge in [-0.1, -0.05) is 74.0 Å². The van der Waals surface area contributed by atoms with Crippen LogP contribution >= 0.6 is 0 Å². The number of aryl methyl sites for hydroxylation is 1. The van der Waals surface area contributed by atoms with Gasteiger partial charge in [-0.2, -0.15) is 0 Å². The van der Waals surface area contributed by atoms with Gasteiger partial charge in [0.05, 0.1) is 0 Å². The first-order chi connectivity index (χ1) is 12.3. The number of hydrogen-bond donors (Lipinski definition) is 0. The molecule has 0 aliphatic carbocycles. The van der Waals surface area contributed by atoms with E-state index in [1.54, 1.807) is 0 Å². The van der Waals surface area contributed by atoms with Crippen LogP contribution in [0.15, 0.2) is 66.9 Å². The maximum atomic E-state index is 12.4. The second-order valence-corrected chi connectivity index (χ2v) is 6.03. The fourth-order valence-corrected chi connectivity index (χ4v) is 3.12. The van der Waals surface area contributed by atoms with Crippen LogP contribution in [0.5, 0.6) is 0 Å². The lowest BCUT2D eigenvalue weighted by Crippen LogP contribution is -2.11. The summed E-state index contributed by atoms with van der Waals surface area (Å²) in [7, 11) is 0. The number of aldehydes is 1. The standard InChI is InChI=1S/C22H21NO2/c1-2-3-14-23-15-19(17-10-6-4-7-11-17)21(22(23)20(25)16-24)18-12-8-5-9-13-18/h4-13,15-16H,2-3,14H2,1H3. The van der Waals surface area contributed by atoms with Crippen LogP contribution in [0.4, 0.5) is 0 Å². The first-order valence-electron chi connectivity index (χ1n) is 8.59. The van der Waals surface area contributed by atoms with Crippen molar-refractivity contribution in [1.29, 1.82) is 0 Å². The first-order valence-corrected chi connectivity index (χ1v) is 8.59. The minimum Gasteiger partial charge on any atom is -0.344 e. The van der Waals surface area contributed by atoms with E-state index in [9.17, 15) is 9.59 Å². The van der Waals surface area contributed by atoms with Gasteiger partial charge >= 0.3 is 0 Å². The Labute approximate surface area is 147 Å². The van der Waals surface area contributed by atoms with Gasteiger partial charge in [-0.25, -0.2) is 0 Å². The van der Waals surface area contributed by atoms with Crippen LogP contribution in [-0.4, -0.2) is 16.6 Å². The van der Waals surface area contributed by atoms with Gasteiger partial charge in [-0.3, -0.25) is 9.59 Å². The smallest absolute Gasteiger partial charge is 0.242 e. The molecule has 0 spiro atoms. The molecule has 1 heterocycles. The summed E-state index contributed by atoms with van der Waals surface area (Å²) < 4.78 is 1.94. The van der Waals surface area contributed by atoms with E-state index in [1.165, 1.54) is 0 Å². The van der Waals surface area contributed by atoms with Crippen molar-refractivity contribution in [3.63, 3.8) is 0 Å². The van der Waals surface area contributed by atoms with Crippen LogP contribution in [0.2, 0.25) is 0 Å². The van der Waals surface area contributed by atoms with E-state index < -0.39 is 5.78 Å². The fraction of sp³-hybridized carbons (Fsp3) is 0.182. The summed E-state index contributed by atoms with van der Waals surface area (Å²) in [5.74, 6) is -0.475. The van der Waals surface area contributed by atoms with Gasteiger partial charge in [0.1, 0.15) is 5.69 Å². The van der Waals surface area contributed by atoms with Gasteiger partial charge in [0.25, 0.3) is 0 Å². The zero-order valence-electron chi connectivity index (χ0n) is 14.3. The van der Waals surface area contributed by atoms with Crippen molar-refractivity contribution in [1.82, 2.24) is 4.57 Å². The SMILES string of the molecule is CCCCn1cc(-c2ccccc2)c(-c2ccccc2)c1C(=O)C=O. The van der Waals surface area contributed by atoms with Crippen LogP contribution in [0.3, 0.4) is 0 Å². The Morgan fingerprint density at radius 1 is 0.960 bits per heavy atom. The lowest BCUT2D eigenvalue weighted by molar-refractivity contribution is -0.104. The average Bonchev–Trinajstić information content (AvgIpc) is 3.06. The first kappa shape index (κ1) is 16.9. The minimum absolute atomic E-state index is 0.416. The maximum absolute atomic E-state index is 12.4. The summed E-state index contributed by atoms with van der Waals surface area (Å²) in [5.41, 5.74) is 4.28. The van der Waals surface area contributed by atoms with Crippen molar-refractivity contribution in [2.75, 3.05) is 0 Å². The Morgan fingerprint density at radius 3 is 2.12 bits per heavy atom. The number of benzene rings is 2. The third kappa shape index (κ3) is 3.45. The van der Waals surface area contributed by atoms with E-state index in [1.807, 2.05) is 71.4 Å². The molecule has 126 valence electrons. The number of carbonyl (C=O) groups excluding carboxylic acids is 2. The van der Waals surface area contributed by atoms with Gasteiger partial charge in [-0.15, -0.1) is 0 Å². The highest BCUT2D eigenvalue weighted by molar-refractivity contribution is 6.35. The number of nitrogens with zero attached hydrogens (tertiary/aromatic N) is 1. The summed E-state index contributed by atoms with van der Waals surface area (Å²) in [6.45, 7) is 2.83. The summed E-state index contributed by atoms with van der Waals surface area (Å²) in [5, 5.41) is 0. The molecule has 0 unspecified atom stereocenters. The topological polar surface area (TPSA) is 39.1 Å². The summed E-state index contributed by atoms with van der Waals surface area (Å²) >= 11 is 0. The molecular weight excluding hydrogens is 310 g/mol. The number of Topliss-reactive ketones (excluding diaryl/α,β-unsaturated/α-hetero) is 1. The van der Waals surface area contributed by atoms with Gasteiger partial charge in [0.15, 0.2) is 6.29 Å². The molecule has 0 aliphatic rings. The molecule has 1 aromatic heterocycles. The highest BCUT2D eigenvalue weighted by Gasteiger charge is 2.23. The third-order valence-corrected chi connectivity index (χ3v) is 4.32. The summed E-state index contributed by atoms with van der Waals surface area (Å²) in [4.78, 5) is 23.7. The van der Waals surface area contributed by atoms with Crippen LogP contribution in [-0.2, 0) is 11.3 Å². The van der Waals surface area contributed by atoms with Crippen LogP contribution in [0.1, 0.15) is 30.3 Å². The molecule has 0 saturated carbocycles. The molecule has 3 heteroatoms. The molecule has 0 atom stereocenters. The van der Waals surface area contributed by atoms with Crippen molar-refractivity contribution < 1.29 is 9.59 Å². The molecule has 0 aliphatic heterocycles. The summed E-state index contributed by atoms with van der Waals surface area (Å²) in [6.07, 6.45) is 4.40. The van der Waals surface area contributed by atoms with Gasteiger partial charge in [0, 0.05) is 23.9 Å². The van der Waals surface area contributed by atoms with E-state index in [0.717, 1.165) is 41.6 Å². The van der Waals surface area contributed by atoms with E-state index in [0.29, 0.717) is 12.0 Å². The van der Waals surface area contributed by atoms with Crippen LogP contribution < -0.4 is 0 Å². The molecule has 0 N–H and O–H groups in total. The van der Waals surface area contributed by atoms with E-state index in [2.05, 4.69) is 6.92 Å². The number of rotatable bonds is 7. The van der Waals surface area contributed by atoms with Gasteiger partial charge in [0.2, 0.25) is 5.78 Å². The predicted octanol–water partition coefficient (Wildman–Crippen LogP) is 5.00. The average molecular weight is 331 g/mol. The van der Waals surface area contributed by atoms with Gasteiger partial charge in [-0.05, 0) is 17.5 Å². The monoisotopic (exact) mass is 331 g/mol. The largest absolute Gasteiger partial charge is 0.344 e. The molecule has 25 heavy (non-hydrogen) atoms. The molecule has 0 radical (unpaired) electrons. The molecular formula is C22H21NO2. The van der Waals surface area contributed by atoms with Crippen molar-refractivity contribution in [2.24, 2.45) is 0 Å². The van der Waals surface area contributed by atoms with Crippen molar-refractivity contribution in [3.05, 3.63) is 72.6 Å². The van der Waals surface area contributed by atoms with E-state index in [-0.39, 0.29) is 0 Å². The Hall–Kier alpha value is -2.94. The number of ketones is 1. The molecule has 3 rings (SSSR count). The van der Waals surface area contributed by atoms with E-state index >= 15 is 0 Å². The fourth-order valence-electron chi connectivity index (χ4n) is 3.12. The molecule has 0 amide bonds. The van der Waals surface area contributed by atoms with Crippen molar-refractivity contribution in [2.45, 2.75) is 26.3 Å². The molecule has 0 bridgehead atoms. The molecule has 2 aromatic carbocycles. The Bertz CT molecular complexity index is 864. The second-order valence-electron chi connectivity index (χ2n) is 6.03. The van der Waals surface area contributed by atoms with Gasteiger partial charge < -0.3 is 4.57 Å². The number of carbonyl (C=O) groups is 2. The lowest BCUT2D eigenvalue weighted by Gasteiger charge is -2.09. The number of hydrogen-bond acceptors (Lipinski definition) is 2.